The van der Waals surface area contributed by atoms with Crippen LogP contribution in [-0.2, 0) is 26.0 Å². The van der Waals surface area contributed by atoms with Crippen LogP contribution in [0.2, 0.25) is 0 Å². The lowest BCUT2D eigenvalue weighted by molar-refractivity contribution is -0.124. The lowest BCUT2D eigenvalue weighted by atomic mass is 10.0. The predicted octanol–water partition coefficient (Wildman–Crippen LogP) is 3.05. The summed E-state index contributed by atoms with van der Waals surface area (Å²) in [6, 6.07) is 11.6. The topological polar surface area (TPSA) is 102 Å². The minimum Gasteiger partial charge on any atom is -0.495 e. The summed E-state index contributed by atoms with van der Waals surface area (Å²) < 4.78 is 39.0. The van der Waals surface area contributed by atoms with Crippen LogP contribution in [0.5, 0.6) is 5.75 Å². The molecule has 1 saturated carbocycles. The smallest absolute Gasteiger partial charge is 0.338 e. The van der Waals surface area contributed by atoms with Gasteiger partial charge in [-0.1, -0.05) is 31.0 Å². The average Bonchev–Trinajstić information content (AvgIpc) is 3.34. The average molecular weight is 473 g/mol. The number of sulfonamides is 1. The van der Waals surface area contributed by atoms with E-state index in [0.717, 1.165) is 37.7 Å². The molecule has 0 saturated heterocycles. The zero-order valence-electron chi connectivity index (χ0n) is 18.6. The molecule has 0 aromatic heterocycles. The fourth-order valence-corrected chi connectivity index (χ4v) is 6.15. The predicted molar refractivity (Wildman–Crippen MR) is 123 cm³/mol. The number of anilines is 1. The molecular weight excluding hydrogens is 444 g/mol. The molecule has 1 aliphatic heterocycles. The maximum absolute atomic E-state index is 13.6. The SMILES string of the molecule is COc1ccc(C(=O)OCC(=O)NC2CCCC2)cc1S(=O)(=O)N1CCCc2ccccc21. The molecule has 1 N–H and O–H groups in total. The number of carbonyl (C=O) groups excluding carboxylic acids is 2. The van der Waals surface area contributed by atoms with E-state index < -0.39 is 22.6 Å². The standard InChI is InChI=1S/C24H28N2O6S/c1-31-21-13-12-18(24(28)32-16-23(27)25-19-9-3-4-10-19)15-22(21)33(29,30)26-14-6-8-17-7-2-5-11-20(17)26/h2,5,7,11-13,15,19H,3-4,6,8-10,14,16H2,1H3,(H,25,27). The number of rotatable bonds is 7. The monoisotopic (exact) mass is 472 g/mol. The lowest BCUT2D eigenvalue weighted by Crippen LogP contribution is -2.36. The number of benzene rings is 2. The third kappa shape index (κ3) is 4.98. The van der Waals surface area contributed by atoms with Crippen LogP contribution in [0, 0.1) is 0 Å². The van der Waals surface area contributed by atoms with Crippen LogP contribution in [-0.4, -0.2) is 46.6 Å². The summed E-state index contributed by atoms with van der Waals surface area (Å²) in [6.07, 6.45) is 5.51. The van der Waals surface area contributed by atoms with Gasteiger partial charge >= 0.3 is 5.97 Å². The highest BCUT2D eigenvalue weighted by Crippen LogP contribution is 2.35. The maximum Gasteiger partial charge on any atom is 0.338 e. The number of nitrogens with one attached hydrogen (secondary N) is 1. The van der Waals surface area contributed by atoms with E-state index in [1.54, 1.807) is 12.1 Å². The van der Waals surface area contributed by atoms with Crippen molar-refractivity contribution in [3.05, 3.63) is 53.6 Å². The molecule has 2 aromatic rings. The fourth-order valence-electron chi connectivity index (χ4n) is 4.43. The molecule has 1 amide bonds. The van der Waals surface area contributed by atoms with Crippen LogP contribution in [0.1, 0.15) is 48.0 Å². The number of esters is 1. The number of fused-ring (bicyclic) bond motifs is 1. The Bertz CT molecular complexity index is 1140. The van der Waals surface area contributed by atoms with Crippen LogP contribution in [0.4, 0.5) is 5.69 Å². The highest BCUT2D eigenvalue weighted by Gasteiger charge is 2.32. The highest BCUT2D eigenvalue weighted by molar-refractivity contribution is 7.93. The van der Waals surface area contributed by atoms with Gasteiger partial charge in [0.15, 0.2) is 6.61 Å². The zero-order chi connectivity index (χ0) is 23.4. The van der Waals surface area contributed by atoms with Gasteiger partial charge in [0.1, 0.15) is 10.6 Å². The van der Waals surface area contributed by atoms with Gasteiger partial charge in [0.05, 0.1) is 18.4 Å². The number of aryl methyl sites for hydroxylation is 1. The Morgan fingerprint density at radius 3 is 2.61 bits per heavy atom. The molecule has 0 spiro atoms. The first kappa shape index (κ1) is 23.1. The van der Waals surface area contributed by atoms with Crippen molar-refractivity contribution < 1.29 is 27.5 Å². The van der Waals surface area contributed by atoms with E-state index in [0.29, 0.717) is 18.7 Å². The van der Waals surface area contributed by atoms with Gasteiger partial charge in [0, 0.05) is 12.6 Å². The molecule has 176 valence electrons. The number of methoxy groups -OCH3 is 1. The molecule has 0 unspecified atom stereocenters. The Balaban J connectivity index is 1.54. The van der Waals surface area contributed by atoms with Crippen LogP contribution in [0.15, 0.2) is 47.4 Å². The number of hydrogen-bond acceptors (Lipinski definition) is 6. The van der Waals surface area contributed by atoms with Crippen molar-refractivity contribution in [3.63, 3.8) is 0 Å². The second kappa shape index (κ2) is 9.82. The Morgan fingerprint density at radius 2 is 1.85 bits per heavy atom. The third-order valence-corrected chi connectivity index (χ3v) is 7.92. The van der Waals surface area contributed by atoms with E-state index in [9.17, 15) is 18.0 Å². The van der Waals surface area contributed by atoms with Gasteiger partial charge in [-0.15, -0.1) is 0 Å². The largest absolute Gasteiger partial charge is 0.495 e. The van der Waals surface area contributed by atoms with Crippen LogP contribution < -0.4 is 14.4 Å². The van der Waals surface area contributed by atoms with Crippen molar-refractivity contribution in [1.82, 2.24) is 5.32 Å². The van der Waals surface area contributed by atoms with Crippen molar-refractivity contribution in [2.24, 2.45) is 0 Å². The van der Waals surface area contributed by atoms with E-state index in [4.69, 9.17) is 9.47 Å². The number of nitrogens with zero attached hydrogens (tertiary/aromatic N) is 1. The van der Waals surface area contributed by atoms with Crippen molar-refractivity contribution in [2.45, 2.75) is 49.5 Å². The van der Waals surface area contributed by atoms with E-state index in [2.05, 4.69) is 5.32 Å². The quantitative estimate of drug-likeness (QED) is 0.622. The molecule has 1 fully saturated rings. The third-order valence-electron chi connectivity index (χ3n) is 6.09. The maximum atomic E-state index is 13.6. The molecule has 0 radical (unpaired) electrons. The normalized spacial score (nSPS) is 16.2. The Morgan fingerprint density at radius 1 is 1.09 bits per heavy atom. The minimum atomic E-state index is -4.00. The first-order valence-corrected chi connectivity index (χ1v) is 12.6. The van der Waals surface area contributed by atoms with Gasteiger partial charge in [0.2, 0.25) is 0 Å². The Labute approximate surface area is 193 Å². The number of ether oxygens (including phenoxy) is 2. The van der Waals surface area contributed by atoms with Crippen LogP contribution in [0.25, 0.3) is 0 Å². The van der Waals surface area contributed by atoms with Crippen molar-refractivity contribution in [2.75, 3.05) is 24.6 Å². The van der Waals surface area contributed by atoms with Gasteiger partial charge in [-0.05, 0) is 55.5 Å². The van der Waals surface area contributed by atoms with E-state index in [-0.39, 0.29) is 28.2 Å². The summed E-state index contributed by atoms with van der Waals surface area (Å²) in [4.78, 5) is 24.5. The van der Waals surface area contributed by atoms with Gasteiger partial charge in [-0.25, -0.2) is 13.2 Å². The summed E-state index contributed by atoms with van der Waals surface area (Å²) in [5.74, 6) is -0.996. The van der Waals surface area contributed by atoms with E-state index in [1.807, 2.05) is 12.1 Å². The van der Waals surface area contributed by atoms with E-state index in [1.165, 1.54) is 29.6 Å². The first-order valence-electron chi connectivity index (χ1n) is 11.2. The second-order valence-corrected chi connectivity index (χ2v) is 10.1. The van der Waals surface area contributed by atoms with Gasteiger partial charge in [-0.2, -0.15) is 0 Å². The van der Waals surface area contributed by atoms with Crippen molar-refractivity contribution in [3.8, 4) is 5.75 Å². The Hall–Kier alpha value is -3.07. The highest BCUT2D eigenvalue weighted by atomic mass is 32.2. The molecular formula is C24H28N2O6S. The molecule has 2 aromatic carbocycles. The van der Waals surface area contributed by atoms with Crippen molar-refractivity contribution in [1.29, 1.82) is 0 Å². The minimum absolute atomic E-state index is 0.0355. The molecule has 2 aliphatic rings. The van der Waals surface area contributed by atoms with Crippen LogP contribution in [0.3, 0.4) is 0 Å². The summed E-state index contributed by atoms with van der Waals surface area (Å²) in [7, 11) is -2.62. The molecule has 4 rings (SSSR count). The van der Waals surface area contributed by atoms with Crippen LogP contribution >= 0.6 is 0 Å². The lowest BCUT2D eigenvalue weighted by Gasteiger charge is -2.30. The molecule has 33 heavy (non-hydrogen) atoms. The Kier molecular flexibility index (Phi) is 6.88. The zero-order valence-corrected chi connectivity index (χ0v) is 19.4. The number of carbonyl (C=O) groups is 2. The number of hydrogen-bond donors (Lipinski definition) is 1. The van der Waals surface area contributed by atoms with Gasteiger partial charge < -0.3 is 14.8 Å². The summed E-state index contributed by atoms with van der Waals surface area (Å²) in [5, 5.41) is 2.85. The second-order valence-electron chi connectivity index (χ2n) is 8.30. The molecule has 9 heteroatoms. The fraction of sp³-hybridized carbons (Fsp3) is 0.417. The molecule has 1 heterocycles. The number of amides is 1. The van der Waals surface area contributed by atoms with E-state index >= 15 is 0 Å². The molecule has 1 aliphatic carbocycles. The van der Waals surface area contributed by atoms with Crippen molar-refractivity contribution >= 4 is 27.6 Å². The number of para-hydroxylation sites is 1. The van der Waals surface area contributed by atoms with Gasteiger partial charge in [-0.3, -0.25) is 9.10 Å². The molecule has 8 nitrogen and oxygen atoms in total. The molecule has 0 atom stereocenters. The summed E-state index contributed by atoms with van der Waals surface area (Å²) in [5.41, 5.74) is 1.62. The first-order chi connectivity index (χ1) is 15.9. The van der Waals surface area contributed by atoms with Gasteiger partial charge in [0.25, 0.3) is 15.9 Å². The molecule has 0 bridgehead atoms. The summed E-state index contributed by atoms with van der Waals surface area (Å²) in [6.45, 7) is -0.0819. The summed E-state index contributed by atoms with van der Waals surface area (Å²) >= 11 is 0.